The molecular formula is C12H19NS. The summed E-state index contributed by atoms with van der Waals surface area (Å²) in [4.78, 5) is 1.41. The largest absolute Gasteiger partial charge is 0.313 e. The molecule has 2 heteroatoms. The Bertz CT molecular complexity index is 273. The topological polar surface area (TPSA) is 12.0 Å². The van der Waals surface area contributed by atoms with Gasteiger partial charge in [-0.15, -0.1) is 11.8 Å². The van der Waals surface area contributed by atoms with E-state index in [9.17, 15) is 0 Å². The zero-order valence-corrected chi connectivity index (χ0v) is 10.0. The zero-order valence-electron chi connectivity index (χ0n) is 9.21. The van der Waals surface area contributed by atoms with Gasteiger partial charge in [-0.1, -0.05) is 25.1 Å². The lowest BCUT2D eigenvalue weighted by molar-refractivity contribution is 0.641. The van der Waals surface area contributed by atoms with Crippen LogP contribution >= 0.6 is 11.8 Å². The highest BCUT2D eigenvalue weighted by atomic mass is 32.2. The molecule has 1 nitrogen and oxygen atoms in total. The smallest absolute Gasteiger partial charge is 0.0300 e. The predicted molar refractivity (Wildman–Crippen MR) is 64.9 cm³/mol. The fraction of sp³-hybridized carbons (Fsp3) is 0.500. The van der Waals surface area contributed by atoms with Crippen molar-refractivity contribution in [3.05, 3.63) is 29.8 Å². The summed E-state index contributed by atoms with van der Waals surface area (Å²) in [6.07, 6.45) is 1.23. The standard InChI is InChI=1S/C12H19NS/c1-4-9-14-12-8-6-5-7-11(12)10(2)13-3/h5-8,10,13H,4,9H2,1-3H3. The summed E-state index contributed by atoms with van der Waals surface area (Å²) in [6, 6.07) is 9.08. The normalized spacial score (nSPS) is 12.8. The highest BCUT2D eigenvalue weighted by Gasteiger charge is 2.07. The molecule has 0 bridgehead atoms. The summed E-state index contributed by atoms with van der Waals surface area (Å²) >= 11 is 1.95. The third-order valence-corrected chi connectivity index (χ3v) is 3.58. The van der Waals surface area contributed by atoms with Crippen LogP contribution in [-0.2, 0) is 0 Å². The first-order valence-corrected chi connectivity index (χ1v) is 6.17. The molecule has 0 aliphatic heterocycles. The quantitative estimate of drug-likeness (QED) is 0.745. The third-order valence-electron chi connectivity index (χ3n) is 2.28. The van der Waals surface area contributed by atoms with Gasteiger partial charge in [-0.2, -0.15) is 0 Å². The molecule has 0 aliphatic rings. The van der Waals surface area contributed by atoms with Gasteiger partial charge in [0.1, 0.15) is 0 Å². The van der Waals surface area contributed by atoms with Crippen LogP contribution in [0, 0.1) is 0 Å². The summed E-state index contributed by atoms with van der Waals surface area (Å²) in [5.74, 6) is 1.20. The van der Waals surface area contributed by atoms with E-state index in [1.165, 1.54) is 22.6 Å². The molecule has 0 saturated carbocycles. The van der Waals surface area contributed by atoms with Gasteiger partial charge in [0.25, 0.3) is 0 Å². The minimum Gasteiger partial charge on any atom is -0.313 e. The van der Waals surface area contributed by atoms with Crippen LogP contribution in [0.5, 0.6) is 0 Å². The van der Waals surface area contributed by atoms with E-state index < -0.39 is 0 Å². The van der Waals surface area contributed by atoms with Gasteiger partial charge >= 0.3 is 0 Å². The summed E-state index contributed by atoms with van der Waals surface area (Å²) in [5, 5.41) is 3.28. The number of benzene rings is 1. The minimum atomic E-state index is 0.440. The van der Waals surface area contributed by atoms with Crippen molar-refractivity contribution in [1.82, 2.24) is 5.32 Å². The SMILES string of the molecule is CCCSc1ccccc1C(C)NC. The van der Waals surface area contributed by atoms with Crippen molar-refractivity contribution in [3.8, 4) is 0 Å². The summed E-state index contributed by atoms with van der Waals surface area (Å²) in [6.45, 7) is 4.42. The van der Waals surface area contributed by atoms with E-state index in [1.54, 1.807) is 0 Å². The van der Waals surface area contributed by atoms with Gasteiger partial charge in [-0.3, -0.25) is 0 Å². The zero-order chi connectivity index (χ0) is 10.4. The van der Waals surface area contributed by atoms with Crippen LogP contribution in [0.25, 0.3) is 0 Å². The van der Waals surface area contributed by atoms with Gasteiger partial charge in [0.2, 0.25) is 0 Å². The first-order valence-electron chi connectivity index (χ1n) is 5.18. The van der Waals surface area contributed by atoms with Crippen LogP contribution < -0.4 is 5.32 Å². The van der Waals surface area contributed by atoms with Crippen molar-refractivity contribution < 1.29 is 0 Å². The summed E-state index contributed by atoms with van der Waals surface area (Å²) < 4.78 is 0. The Labute approximate surface area is 91.3 Å². The fourth-order valence-corrected chi connectivity index (χ4v) is 2.35. The molecule has 1 aromatic carbocycles. The molecule has 1 unspecified atom stereocenters. The van der Waals surface area contributed by atoms with Crippen molar-refractivity contribution in [3.63, 3.8) is 0 Å². The Kier molecular flexibility index (Phi) is 5.05. The monoisotopic (exact) mass is 209 g/mol. The van der Waals surface area contributed by atoms with Gasteiger partial charge in [0.15, 0.2) is 0 Å². The van der Waals surface area contributed by atoms with E-state index in [4.69, 9.17) is 0 Å². The van der Waals surface area contributed by atoms with E-state index >= 15 is 0 Å². The van der Waals surface area contributed by atoms with Crippen molar-refractivity contribution >= 4 is 11.8 Å². The van der Waals surface area contributed by atoms with Crippen molar-refractivity contribution in [2.75, 3.05) is 12.8 Å². The van der Waals surface area contributed by atoms with E-state index in [0.717, 1.165) is 0 Å². The number of hydrogen-bond donors (Lipinski definition) is 1. The molecule has 1 N–H and O–H groups in total. The van der Waals surface area contributed by atoms with Crippen LogP contribution in [0.1, 0.15) is 31.9 Å². The molecule has 78 valence electrons. The van der Waals surface area contributed by atoms with Crippen LogP contribution in [0.3, 0.4) is 0 Å². The molecule has 1 rings (SSSR count). The Hall–Kier alpha value is -0.470. The second-order valence-electron chi connectivity index (χ2n) is 3.40. The lowest BCUT2D eigenvalue weighted by Gasteiger charge is -2.14. The minimum absolute atomic E-state index is 0.440. The molecule has 0 spiro atoms. The molecule has 0 saturated heterocycles. The van der Waals surface area contributed by atoms with Crippen LogP contribution in [-0.4, -0.2) is 12.8 Å². The fourth-order valence-electron chi connectivity index (χ4n) is 1.34. The highest BCUT2D eigenvalue weighted by Crippen LogP contribution is 2.27. The summed E-state index contributed by atoms with van der Waals surface area (Å²) in [5.41, 5.74) is 1.41. The molecule has 0 heterocycles. The van der Waals surface area contributed by atoms with Gasteiger partial charge < -0.3 is 5.32 Å². The average Bonchev–Trinajstić information content (AvgIpc) is 2.25. The van der Waals surface area contributed by atoms with Gasteiger partial charge in [0.05, 0.1) is 0 Å². The maximum Gasteiger partial charge on any atom is 0.0300 e. The maximum atomic E-state index is 3.28. The first kappa shape index (κ1) is 11.6. The third kappa shape index (κ3) is 3.03. The Balaban J connectivity index is 2.79. The van der Waals surface area contributed by atoms with Crippen LogP contribution in [0.4, 0.5) is 0 Å². The predicted octanol–water partition coefficient (Wildman–Crippen LogP) is 3.47. The molecule has 0 amide bonds. The average molecular weight is 209 g/mol. The molecule has 1 aromatic rings. The summed E-state index contributed by atoms with van der Waals surface area (Å²) in [7, 11) is 2.01. The lowest BCUT2D eigenvalue weighted by Crippen LogP contribution is -2.13. The number of hydrogen-bond acceptors (Lipinski definition) is 2. The molecular weight excluding hydrogens is 190 g/mol. The van der Waals surface area contributed by atoms with E-state index in [-0.39, 0.29) is 0 Å². The van der Waals surface area contributed by atoms with Crippen LogP contribution in [0.15, 0.2) is 29.2 Å². The second kappa shape index (κ2) is 6.10. The van der Waals surface area contributed by atoms with Crippen molar-refractivity contribution in [2.24, 2.45) is 0 Å². The second-order valence-corrected chi connectivity index (χ2v) is 4.53. The number of rotatable bonds is 5. The van der Waals surface area contributed by atoms with E-state index in [1.807, 2.05) is 18.8 Å². The Morgan fingerprint density at radius 2 is 2.07 bits per heavy atom. The molecule has 1 atom stereocenters. The van der Waals surface area contributed by atoms with Crippen molar-refractivity contribution in [2.45, 2.75) is 31.2 Å². The van der Waals surface area contributed by atoms with Gasteiger partial charge in [-0.25, -0.2) is 0 Å². The molecule has 0 fully saturated rings. The van der Waals surface area contributed by atoms with Crippen molar-refractivity contribution in [1.29, 1.82) is 0 Å². The molecule has 0 aromatic heterocycles. The highest BCUT2D eigenvalue weighted by molar-refractivity contribution is 7.99. The molecule has 0 radical (unpaired) electrons. The molecule has 14 heavy (non-hydrogen) atoms. The first-order chi connectivity index (χ1) is 6.79. The maximum absolute atomic E-state index is 3.28. The van der Waals surface area contributed by atoms with Gasteiger partial charge in [-0.05, 0) is 37.8 Å². The van der Waals surface area contributed by atoms with E-state index in [0.29, 0.717) is 6.04 Å². The number of thioether (sulfide) groups is 1. The molecule has 0 aliphatic carbocycles. The van der Waals surface area contributed by atoms with Crippen LogP contribution in [0.2, 0.25) is 0 Å². The van der Waals surface area contributed by atoms with Gasteiger partial charge in [0, 0.05) is 10.9 Å². The Morgan fingerprint density at radius 3 is 2.71 bits per heavy atom. The van der Waals surface area contributed by atoms with E-state index in [2.05, 4.69) is 43.4 Å². The Morgan fingerprint density at radius 1 is 1.36 bits per heavy atom. The lowest BCUT2D eigenvalue weighted by atomic mass is 10.1. The number of nitrogens with one attached hydrogen (secondary N) is 1.